The summed E-state index contributed by atoms with van der Waals surface area (Å²) in [5, 5.41) is 10.4. The molecule has 0 bridgehead atoms. The molecule has 0 aliphatic rings. The molecule has 0 fully saturated rings. The Hall–Kier alpha value is -1.90. The van der Waals surface area contributed by atoms with E-state index in [1.165, 1.54) is 11.1 Å². The number of halogens is 2. The van der Waals surface area contributed by atoms with Gasteiger partial charge in [0.2, 0.25) is 5.43 Å². The molecule has 3 rings (SSSR count). The van der Waals surface area contributed by atoms with Crippen LogP contribution in [0, 0.1) is 3.57 Å². The zero-order chi connectivity index (χ0) is 18.8. The second-order valence-corrected chi connectivity index (χ2v) is 7.58. The standard InChI is InChI=1S/C19H16ClIN2O3/c1-23(9-11-2-4-13(20)5-3-11)19(26)15-8-22-17-14(18(15)25)6-12(10-24)7-16(17)21/h2-8,24H,9-10H2,1H3,(H,22,25). The predicted octanol–water partition coefficient (Wildman–Crippen LogP) is 3.55. The average Bonchev–Trinajstić information content (AvgIpc) is 2.63. The Balaban J connectivity index is 1.96. The highest BCUT2D eigenvalue weighted by molar-refractivity contribution is 14.1. The molecule has 5 nitrogen and oxygen atoms in total. The predicted molar refractivity (Wildman–Crippen MR) is 110 cm³/mol. The number of pyridine rings is 1. The van der Waals surface area contributed by atoms with Gasteiger partial charge in [-0.3, -0.25) is 9.59 Å². The molecule has 0 aliphatic heterocycles. The summed E-state index contributed by atoms with van der Waals surface area (Å²) in [7, 11) is 1.65. The second-order valence-electron chi connectivity index (χ2n) is 5.98. The van der Waals surface area contributed by atoms with Crippen LogP contribution in [0.1, 0.15) is 21.5 Å². The number of rotatable bonds is 4. The van der Waals surface area contributed by atoms with Crippen LogP contribution in [0.4, 0.5) is 0 Å². The Morgan fingerprint density at radius 3 is 2.58 bits per heavy atom. The van der Waals surface area contributed by atoms with Crippen LogP contribution in [0.3, 0.4) is 0 Å². The molecule has 0 unspecified atom stereocenters. The molecule has 2 N–H and O–H groups in total. The number of H-pyrrole nitrogens is 1. The van der Waals surface area contributed by atoms with Gasteiger partial charge in [0.1, 0.15) is 5.56 Å². The molecular weight excluding hydrogens is 467 g/mol. The Kier molecular flexibility index (Phi) is 5.64. The first kappa shape index (κ1) is 18.9. The Labute approximate surface area is 168 Å². The third-order valence-corrected chi connectivity index (χ3v) is 5.20. The molecule has 0 spiro atoms. The lowest BCUT2D eigenvalue weighted by molar-refractivity contribution is 0.0783. The number of hydrogen-bond acceptors (Lipinski definition) is 3. The monoisotopic (exact) mass is 482 g/mol. The summed E-state index contributed by atoms with van der Waals surface area (Å²) in [4.78, 5) is 30.1. The first-order chi connectivity index (χ1) is 12.4. The van der Waals surface area contributed by atoms with Crippen molar-refractivity contribution in [3.63, 3.8) is 0 Å². The lowest BCUT2D eigenvalue weighted by atomic mass is 10.1. The highest BCUT2D eigenvalue weighted by Crippen LogP contribution is 2.20. The number of nitrogens with one attached hydrogen (secondary N) is 1. The van der Waals surface area contributed by atoms with Crippen molar-refractivity contribution in [1.29, 1.82) is 0 Å². The zero-order valence-electron chi connectivity index (χ0n) is 13.9. The summed E-state index contributed by atoms with van der Waals surface area (Å²) in [6.07, 6.45) is 1.45. The van der Waals surface area contributed by atoms with Crippen molar-refractivity contribution in [2.75, 3.05) is 7.05 Å². The lowest BCUT2D eigenvalue weighted by Gasteiger charge is -2.17. The maximum Gasteiger partial charge on any atom is 0.259 e. The minimum atomic E-state index is -0.368. The van der Waals surface area contributed by atoms with E-state index < -0.39 is 0 Å². The van der Waals surface area contributed by atoms with Gasteiger partial charge in [-0.15, -0.1) is 0 Å². The van der Waals surface area contributed by atoms with Gasteiger partial charge in [0.25, 0.3) is 5.91 Å². The number of aromatic nitrogens is 1. The van der Waals surface area contributed by atoms with Crippen LogP contribution in [0.5, 0.6) is 0 Å². The van der Waals surface area contributed by atoms with Gasteiger partial charge in [-0.2, -0.15) is 0 Å². The highest BCUT2D eigenvalue weighted by atomic mass is 127. The summed E-state index contributed by atoms with van der Waals surface area (Å²) in [6, 6.07) is 10.6. The fraction of sp³-hybridized carbons (Fsp3) is 0.158. The topological polar surface area (TPSA) is 73.4 Å². The van der Waals surface area contributed by atoms with Gasteiger partial charge in [0.15, 0.2) is 0 Å². The van der Waals surface area contributed by atoms with Crippen molar-refractivity contribution in [2.45, 2.75) is 13.2 Å². The Morgan fingerprint density at radius 1 is 1.23 bits per heavy atom. The molecular formula is C19H16ClIN2O3. The van der Waals surface area contributed by atoms with E-state index in [1.54, 1.807) is 31.3 Å². The fourth-order valence-electron chi connectivity index (χ4n) is 2.73. The molecule has 0 saturated heterocycles. The van der Waals surface area contributed by atoms with Crippen molar-refractivity contribution >= 4 is 51.0 Å². The summed E-state index contributed by atoms with van der Waals surface area (Å²) < 4.78 is 0.815. The molecule has 0 atom stereocenters. The molecule has 26 heavy (non-hydrogen) atoms. The van der Waals surface area contributed by atoms with Crippen LogP contribution < -0.4 is 5.43 Å². The maximum atomic E-state index is 12.8. The van der Waals surface area contributed by atoms with Crippen molar-refractivity contribution in [2.24, 2.45) is 0 Å². The van der Waals surface area contributed by atoms with Crippen molar-refractivity contribution in [3.8, 4) is 0 Å². The number of amides is 1. The number of benzene rings is 2. The largest absolute Gasteiger partial charge is 0.392 e. The first-order valence-electron chi connectivity index (χ1n) is 7.85. The van der Waals surface area contributed by atoms with Gasteiger partial charge in [-0.25, -0.2) is 0 Å². The van der Waals surface area contributed by atoms with E-state index >= 15 is 0 Å². The maximum absolute atomic E-state index is 12.8. The third kappa shape index (κ3) is 3.77. The van der Waals surface area contributed by atoms with E-state index in [4.69, 9.17) is 11.6 Å². The molecule has 2 aromatic carbocycles. The number of carbonyl (C=O) groups excluding carboxylic acids is 1. The minimum absolute atomic E-state index is 0.0693. The van der Waals surface area contributed by atoms with Gasteiger partial charge in [0.05, 0.1) is 12.1 Å². The van der Waals surface area contributed by atoms with E-state index in [2.05, 4.69) is 27.6 Å². The van der Waals surface area contributed by atoms with Crippen LogP contribution in [0.25, 0.3) is 10.9 Å². The molecule has 0 saturated carbocycles. The number of carbonyl (C=O) groups is 1. The zero-order valence-corrected chi connectivity index (χ0v) is 16.8. The minimum Gasteiger partial charge on any atom is -0.392 e. The van der Waals surface area contributed by atoms with E-state index in [1.807, 2.05) is 12.1 Å². The Bertz CT molecular complexity index is 1030. The number of nitrogens with zero attached hydrogens (tertiary/aromatic N) is 1. The molecule has 1 heterocycles. The molecule has 1 aromatic heterocycles. The van der Waals surface area contributed by atoms with E-state index in [0.29, 0.717) is 28.0 Å². The van der Waals surface area contributed by atoms with Crippen LogP contribution in [-0.2, 0) is 13.2 Å². The normalized spacial score (nSPS) is 10.9. The SMILES string of the molecule is CN(Cc1ccc(Cl)cc1)C(=O)c1c[nH]c2c(I)cc(CO)cc2c1=O. The Morgan fingerprint density at radius 2 is 1.92 bits per heavy atom. The highest BCUT2D eigenvalue weighted by Gasteiger charge is 2.18. The third-order valence-electron chi connectivity index (χ3n) is 4.09. The van der Waals surface area contributed by atoms with Crippen molar-refractivity contribution in [3.05, 3.63) is 78.1 Å². The summed E-state index contributed by atoms with van der Waals surface area (Å²) >= 11 is 7.97. The van der Waals surface area contributed by atoms with Crippen molar-refractivity contribution in [1.82, 2.24) is 9.88 Å². The fourth-order valence-corrected chi connectivity index (χ4v) is 3.71. The molecule has 1 amide bonds. The summed E-state index contributed by atoms with van der Waals surface area (Å²) in [5.74, 6) is -0.368. The number of aliphatic hydroxyl groups excluding tert-OH is 1. The average molecular weight is 483 g/mol. The molecule has 3 aromatic rings. The molecule has 0 radical (unpaired) electrons. The van der Waals surface area contributed by atoms with Crippen LogP contribution in [0.2, 0.25) is 5.02 Å². The van der Waals surface area contributed by atoms with Gasteiger partial charge in [0, 0.05) is 33.8 Å². The van der Waals surface area contributed by atoms with Crippen molar-refractivity contribution < 1.29 is 9.90 Å². The number of aromatic amines is 1. The van der Waals surface area contributed by atoms with Gasteiger partial charge in [-0.05, 0) is 58.0 Å². The van der Waals surface area contributed by atoms with E-state index in [9.17, 15) is 14.7 Å². The van der Waals surface area contributed by atoms with Crippen LogP contribution in [-0.4, -0.2) is 27.9 Å². The van der Waals surface area contributed by atoms with E-state index in [-0.39, 0.29) is 23.5 Å². The summed E-state index contributed by atoms with van der Waals surface area (Å²) in [5.41, 5.74) is 1.93. The van der Waals surface area contributed by atoms with Crippen LogP contribution in [0.15, 0.2) is 47.4 Å². The molecule has 134 valence electrons. The second kappa shape index (κ2) is 7.77. The number of aliphatic hydroxyl groups is 1. The summed E-state index contributed by atoms with van der Waals surface area (Å²) in [6.45, 7) is 0.196. The first-order valence-corrected chi connectivity index (χ1v) is 9.31. The van der Waals surface area contributed by atoms with Gasteiger partial charge < -0.3 is 15.0 Å². The van der Waals surface area contributed by atoms with Crippen LogP contribution >= 0.6 is 34.2 Å². The van der Waals surface area contributed by atoms with Gasteiger partial charge in [-0.1, -0.05) is 23.7 Å². The van der Waals surface area contributed by atoms with Gasteiger partial charge >= 0.3 is 0 Å². The number of hydrogen-bond donors (Lipinski definition) is 2. The smallest absolute Gasteiger partial charge is 0.259 e. The molecule has 7 heteroatoms. The lowest BCUT2D eigenvalue weighted by Crippen LogP contribution is -2.30. The molecule has 0 aliphatic carbocycles. The number of fused-ring (bicyclic) bond motifs is 1. The quantitative estimate of drug-likeness (QED) is 0.559. The van der Waals surface area contributed by atoms with E-state index in [0.717, 1.165) is 9.13 Å².